The van der Waals surface area contributed by atoms with E-state index in [9.17, 15) is 9.59 Å². The number of esters is 1. The second-order valence-corrected chi connectivity index (χ2v) is 12.2. The summed E-state index contributed by atoms with van der Waals surface area (Å²) in [7, 11) is 0. The minimum Gasteiger partial charge on any atom is -0.458 e. The molecule has 0 saturated carbocycles. The monoisotopic (exact) mass is 481 g/mol. The van der Waals surface area contributed by atoms with E-state index in [1.807, 2.05) is 25.7 Å². The van der Waals surface area contributed by atoms with Crippen LogP contribution in [0.5, 0.6) is 0 Å². The molecule has 1 saturated heterocycles. The topological polar surface area (TPSA) is 55.8 Å². The van der Waals surface area contributed by atoms with Crippen LogP contribution in [0.4, 0.5) is 4.79 Å². The maximum atomic E-state index is 13.4. The summed E-state index contributed by atoms with van der Waals surface area (Å²) in [5.41, 5.74) is -1.65. The third-order valence-corrected chi connectivity index (χ3v) is 8.18. The molecule has 0 aromatic carbocycles. The molecule has 1 aliphatic heterocycles. The highest BCUT2D eigenvalue weighted by Crippen LogP contribution is 2.44. The van der Waals surface area contributed by atoms with Crippen LogP contribution >= 0.6 is 0 Å². The number of carbonyl (C=O) groups excluding carboxylic acids is 2. The zero-order valence-electron chi connectivity index (χ0n) is 24.0. The number of rotatable bonds is 13. The SMILES string of the molecule is CCCCC(CCCC)(CCCC)OC(=O)N1CCC(OC(=O)C(C)(C)CC)(C(C)(C)C)CC1. The molecule has 0 aromatic heterocycles. The highest BCUT2D eigenvalue weighted by Gasteiger charge is 2.50. The summed E-state index contributed by atoms with van der Waals surface area (Å²) in [4.78, 5) is 28.2. The molecule has 0 radical (unpaired) electrons. The van der Waals surface area contributed by atoms with E-state index in [0.717, 1.165) is 64.2 Å². The van der Waals surface area contributed by atoms with Crippen molar-refractivity contribution < 1.29 is 19.1 Å². The fraction of sp³-hybridized carbons (Fsp3) is 0.931. The first-order chi connectivity index (χ1) is 15.8. The van der Waals surface area contributed by atoms with Gasteiger partial charge in [-0.25, -0.2) is 4.79 Å². The lowest BCUT2D eigenvalue weighted by Gasteiger charge is -2.50. The Kier molecular flexibility index (Phi) is 11.9. The maximum absolute atomic E-state index is 13.4. The van der Waals surface area contributed by atoms with Gasteiger partial charge in [0.1, 0.15) is 11.2 Å². The Balaban J connectivity index is 2.99. The number of carbonyl (C=O) groups is 2. The van der Waals surface area contributed by atoms with E-state index in [2.05, 4.69) is 41.5 Å². The lowest BCUT2D eigenvalue weighted by Crippen LogP contribution is -2.57. The molecular weight excluding hydrogens is 426 g/mol. The molecule has 0 atom stereocenters. The molecule has 0 spiro atoms. The van der Waals surface area contributed by atoms with E-state index in [0.29, 0.717) is 25.9 Å². The first kappa shape index (κ1) is 30.8. The van der Waals surface area contributed by atoms with Gasteiger partial charge in [-0.15, -0.1) is 0 Å². The number of nitrogens with zero attached hydrogens (tertiary/aromatic N) is 1. The van der Waals surface area contributed by atoms with Crippen LogP contribution in [0.1, 0.15) is 139 Å². The van der Waals surface area contributed by atoms with Crippen molar-refractivity contribution in [2.45, 2.75) is 151 Å². The fourth-order valence-electron chi connectivity index (χ4n) is 4.79. The molecule has 1 aliphatic rings. The second kappa shape index (κ2) is 13.2. The van der Waals surface area contributed by atoms with Crippen molar-refractivity contribution in [1.82, 2.24) is 4.90 Å². The molecule has 34 heavy (non-hydrogen) atoms. The number of piperidine rings is 1. The van der Waals surface area contributed by atoms with E-state index in [-0.39, 0.29) is 23.1 Å². The van der Waals surface area contributed by atoms with E-state index < -0.39 is 11.0 Å². The molecule has 0 bridgehead atoms. The quantitative estimate of drug-likeness (QED) is 0.248. The molecule has 5 heteroatoms. The minimum absolute atomic E-state index is 0.140. The summed E-state index contributed by atoms with van der Waals surface area (Å²) >= 11 is 0. The first-order valence-corrected chi connectivity index (χ1v) is 14.0. The van der Waals surface area contributed by atoms with Gasteiger partial charge in [-0.1, -0.05) is 67.7 Å². The summed E-state index contributed by atoms with van der Waals surface area (Å²) in [6.45, 7) is 20.0. The van der Waals surface area contributed by atoms with Gasteiger partial charge in [0, 0.05) is 31.3 Å². The predicted molar refractivity (Wildman–Crippen MR) is 141 cm³/mol. The summed E-state index contributed by atoms with van der Waals surface area (Å²) in [5.74, 6) is -0.140. The van der Waals surface area contributed by atoms with Crippen molar-refractivity contribution in [1.29, 1.82) is 0 Å². The molecule has 1 rings (SSSR count). The van der Waals surface area contributed by atoms with Crippen LogP contribution in [0.3, 0.4) is 0 Å². The molecular formula is C29H55NO4. The average Bonchev–Trinajstić information content (AvgIpc) is 2.79. The van der Waals surface area contributed by atoms with Crippen LogP contribution < -0.4 is 0 Å². The van der Waals surface area contributed by atoms with Crippen molar-refractivity contribution in [2.75, 3.05) is 13.1 Å². The Bertz CT molecular complexity index is 605. The van der Waals surface area contributed by atoms with Crippen molar-refractivity contribution in [3.05, 3.63) is 0 Å². The van der Waals surface area contributed by atoms with Crippen LogP contribution in [0.25, 0.3) is 0 Å². The minimum atomic E-state index is -0.572. The van der Waals surface area contributed by atoms with E-state index in [1.165, 1.54) is 0 Å². The standard InChI is InChI=1S/C29H55NO4/c1-10-14-17-28(18-15-11-2,19-16-12-3)34-25(32)30-22-20-29(21-23-30,26(5,6)7)33-24(31)27(8,9)13-4/h10-23H2,1-9H3. The molecule has 0 aromatic rings. The number of ether oxygens (including phenoxy) is 2. The molecule has 1 fully saturated rings. The number of likely N-dealkylation sites (tertiary alicyclic amines) is 1. The van der Waals surface area contributed by atoms with Gasteiger partial charge in [-0.2, -0.15) is 0 Å². The first-order valence-electron chi connectivity index (χ1n) is 14.0. The average molecular weight is 482 g/mol. The summed E-state index contributed by atoms with van der Waals surface area (Å²) in [6.07, 6.45) is 11.2. The van der Waals surface area contributed by atoms with E-state index >= 15 is 0 Å². The normalized spacial score (nSPS) is 16.9. The van der Waals surface area contributed by atoms with Gasteiger partial charge in [0.15, 0.2) is 0 Å². The lowest BCUT2D eigenvalue weighted by atomic mass is 9.70. The van der Waals surface area contributed by atoms with Gasteiger partial charge in [0.2, 0.25) is 0 Å². The number of unbranched alkanes of at least 4 members (excludes halogenated alkanes) is 3. The van der Waals surface area contributed by atoms with E-state index in [4.69, 9.17) is 9.47 Å². The molecule has 0 unspecified atom stereocenters. The number of hydrogen-bond acceptors (Lipinski definition) is 4. The van der Waals surface area contributed by atoms with E-state index in [1.54, 1.807) is 0 Å². The third kappa shape index (κ3) is 8.16. The Morgan fingerprint density at radius 3 is 1.59 bits per heavy atom. The van der Waals surface area contributed by atoms with Crippen LogP contribution in [0.2, 0.25) is 0 Å². The smallest absolute Gasteiger partial charge is 0.410 e. The Morgan fingerprint density at radius 1 is 0.794 bits per heavy atom. The largest absolute Gasteiger partial charge is 0.458 e. The molecule has 200 valence electrons. The van der Waals surface area contributed by atoms with Crippen molar-refractivity contribution >= 4 is 12.1 Å². The van der Waals surface area contributed by atoms with Gasteiger partial charge in [-0.05, 0) is 58.8 Å². The van der Waals surface area contributed by atoms with Crippen LogP contribution in [-0.4, -0.2) is 41.3 Å². The molecule has 1 amide bonds. The lowest BCUT2D eigenvalue weighted by molar-refractivity contribution is -0.192. The zero-order chi connectivity index (χ0) is 26.0. The predicted octanol–water partition coefficient (Wildman–Crippen LogP) is 8.29. The number of hydrogen-bond donors (Lipinski definition) is 0. The molecule has 1 heterocycles. The summed E-state index contributed by atoms with van der Waals surface area (Å²) in [6, 6.07) is 0. The van der Waals surface area contributed by atoms with Gasteiger partial charge in [0.25, 0.3) is 0 Å². The Hall–Kier alpha value is -1.26. The van der Waals surface area contributed by atoms with Crippen molar-refractivity contribution in [3.8, 4) is 0 Å². The highest BCUT2D eigenvalue weighted by atomic mass is 16.6. The second-order valence-electron chi connectivity index (χ2n) is 12.2. The zero-order valence-corrected chi connectivity index (χ0v) is 24.0. The van der Waals surface area contributed by atoms with Crippen LogP contribution in [-0.2, 0) is 14.3 Å². The van der Waals surface area contributed by atoms with Crippen LogP contribution in [0.15, 0.2) is 0 Å². The Labute approximate surface area is 210 Å². The third-order valence-electron chi connectivity index (χ3n) is 8.18. The molecule has 0 aliphatic carbocycles. The summed E-state index contributed by atoms with van der Waals surface area (Å²) in [5, 5.41) is 0. The summed E-state index contributed by atoms with van der Waals surface area (Å²) < 4.78 is 12.6. The fourth-order valence-corrected chi connectivity index (χ4v) is 4.79. The number of amides is 1. The van der Waals surface area contributed by atoms with Crippen LogP contribution in [0, 0.1) is 10.8 Å². The highest BCUT2D eigenvalue weighted by molar-refractivity contribution is 5.76. The molecule has 5 nitrogen and oxygen atoms in total. The van der Waals surface area contributed by atoms with Gasteiger partial charge in [0.05, 0.1) is 5.41 Å². The van der Waals surface area contributed by atoms with Crippen molar-refractivity contribution in [2.24, 2.45) is 10.8 Å². The Morgan fingerprint density at radius 2 is 1.24 bits per heavy atom. The van der Waals surface area contributed by atoms with Gasteiger partial charge >= 0.3 is 12.1 Å². The maximum Gasteiger partial charge on any atom is 0.410 e. The van der Waals surface area contributed by atoms with Gasteiger partial charge < -0.3 is 14.4 Å². The van der Waals surface area contributed by atoms with Gasteiger partial charge in [-0.3, -0.25) is 4.79 Å². The van der Waals surface area contributed by atoms with Crippen molar-refractivity contribution in [3.63, 3.8) is 0 Å². The molecule has 0 N–H and O–H groups in total.